The highest BCUT2D eigenvalue weighted by molar-refractivity contribution is 7.86. The van der Waals surface area contributed by atoms with Crippen LogP contribution in [-0.4, -0.2) is 90.7 Å². The molecule has 3 heterocycles. The molecular weight excluding hydrogens is 346 g/mol. The van der Waals surface area contributed by atoms with E-state index in [4.69, 9.17) is 4.74 Å². The van der Waals surface area contributed by atoms with Gasteiger partial charge in [-0.2, -0.15) is 22.1 Å². The highest BCUT2D eigenvalue weighted by atomic mass is 32.2. The Morgan fingerprint density at radius 1 is 1.00 bits per heavy atom. The molecule has 0 saturated carbocycles. The molecule has 0 bridgehead atoms. The molecule has 1 aromatic rings. The van der Waals surface area contributed by atoms with E-state index in [2.05, 4.69) is 10.00 Å². The lowest BCUT2D eigenvalue weighted by Gasteiger charge is -2.37. The van der Waals surface area contributed by atoms with Gasteiger partial charge < -0.3 is 4.74 Å². The average Bonchev–Trinajstić information content (AvgIpc) is 2.63. The summed E-state index contributed by atoms with van der Waals surface area (Å²) in [6.07, 6.45) is 0. The molecule has 9 nitrogen and oxygen atoms in total. The molecular formula is C15H25N5O4S. The third kappa shape index (κ3) is 4.45. The van der Waals surface area contributed by atoms with E-state index in [-0.39, 0.29) is 5.56 Å². The van der Waals surface area contributed by atoms with Crippen LogP contribution < -0.4 is 5.56 Å². The number of ether oxygens (including phenoxy) is 1. The molecule has 25 heavy (non-hydrogen) atoms. The van der Waals surface area contributed by atoms with Gasteiger partial charge in [-0.3, -0.25) is 9.69 Å². The molecule has 1 aromatic heterocycles. The molecule has 0 unspecified atom stereocenters. The van der Waals surface area contributed by atoms with Crippen molar-refractivity contribution in [2.24, 2.45) is 0 Å². The van der Waals surface area contributed by atoms with Crippen LogP contribution in [0, 0.1) is 6.92 Å². The molecule has 3 rings (SSSR count). The molecule has 0 N–H and O–H groups in total. The summed E-state index contributed by atoms with van der Waals surface area (Å²) in [4.78, 5) is 13.9. The molecule has 2 fully saturated rings. The zero-order valence-corrected chi connectivity index (χ0v) is 15.3. The molecule has 0 radical (unpaired) electrons. The van der Waals surface area contributed by atoms with Gasteiger partial charge in [0.1, 0.15) is 0 Å². The minimum absolute atomic E-state index is 0.112. The van der Waals surface area contributed by atoms with Crippen molar-refractivity contribution >= 4 is 10.2 Å². The fraction of sp³-hybridized carbons (Fsp3) is 0.733. The van der Waals surface area contributed by atoms with Crippen LogP contribution in [0.4, 0.5) is 0 Å². The first-order chi connectivity index (χ1) is 12.0. The Morgan fingerprint density at radius 3 is 2.32 bits per heavy atom. The number of nitrogens with zero attached hydrogens (tertiary/aromatic N) is 5. The summed E-state index contributed by atoms with van der Waals surface area (Å²) >= 11 is 0. The van der Waals surface area contributed by atoms with E-state index in [1.165, 1.54) is 15.1 Å². The van der Waals surface area contributed by atoms with Crippen LogP contribution in [0.3, 0.4) is 0 Å². The van der Waals surface area contributed by atoms with E-state index < -0.39 is 10.2 Å². The van der Waals surface area contributed by atoms with Gasteiger partial charge in [-0.05, 0) is 13.0 Å². The maximum atomic E-state index is 12.6. The Morgan fingerprint density at radius 2 is 1.64 bits per heavy atom. The van der Waals surface area contributed by atoms with Crippen LogP contribution in [0.5, 0.6) is 0 Å². The molecule has 2 aliphatic heterocycles. The second-order valence-corrected chi connectivity index (χ2v) is 8.22. The molecule has 0 amide bonds. The largest absolute Gasteiger partial charge is 0.379 e. The quantitative estimate of drug-likeness (QED) is 0.642. The molecule has 0 atom stereocenters. The molecule has 0 aliphatic carbocycles. The lowest BCUT2D eigenvalue weighted by Crippen LogP contribution is -2.55. The van der Waals surface area contributed by atoms with Gasteiger partial charge in [-0.15, -0.1) is 0 Å². The summed E-state index contributed by atoms with van der Waals surface area (Å²) in [5.41, 5.74) is 0.695. The SMILES string of the molecule is Cc1ccc(=O)n(CCN2CCN(S(=O)(=O)N3CCOCC3)CC2)n1. The van der Waals surface area contributed by atoms with E-state index in [0.29, 0.717) is 65.6 Å². The van der Waals surface area contributed by atoms with Crippen LogP contribution in [0.2, 0.25) is 0 Å². The number of aryl methyl sites for hydroxylation is 1. The number of hydrogen-bond donors (Lipinski definition) is 0. The van der Waals surface area contributed by atoms with Crippen LogP contribution in [0.1, 0.15) is 5.69 Å². The van der Waals surface area contributed by atoms with E-state index in [1.807, 2.05) is 6.92 Å². The molecule has 2 saturated heterocycles. The fourth-order valence-electron chi connectivity index (χ4n) is 3.07. The number of aromatic nitrogens is 2. The highest BCUT2D eigenvalue weighted by Gasteiger charge is 2.33. The lowest BCUT2D eigenvalue weighted by atomic mass is 10.3. The first kappa shape index (κ1) is 18.5. The first-order valence-electron chi connectivity index (χ1n) is 8.57. The monoisotopic (exact) mass is 371 g/mol. The highest BCUT2D eigenvalue weighted by Crippen LogP contribution is 2.13. The number of hydrogen-bond acceptors (Lipinski definition) is 6. The van der Waals surface area contributed by atoms with Gasteiger partial charge in [-0.1, -0.05) is 0 Å². The molecule has 10 heteroatoms. The predicted octanol–water partition coefficient (Wildman–Crippen LogP) is -1.25. The molecule has 0 spiro atoms. The lowest BCUT2D eigenvalue weighted by molar-refractivity contribution is 0.0684. The van der Waals surface area contributed by atoms with Crippen LogP contribution in [0.15, 0.2) is 16.9 Å². The van der Waals surface area contributed by atoms with Crippen molar-refractivity contribution in [2.45, 2.75) is 13.5 Å². The minimum atomic E-state index is -3.40. The Bertz CT molecular complexity index is 737. The Balaban J connectivity index is 1.51. The standard InChI is InChI=1S/C15H25N5O4S/c1-14-2-3-15(21)20(16-14)9-6-17-4-7-18(8-5-17)25(22,23)19-10-12-24-13-11-19/h2-3H,4-13H2,1H3. The predicted molar refractivity (Wildman–Crippen MR) is 92.6 cm³/mol. The first-order valence-corrected chi connectivity index (χ1v) is 9.96. The van der Waals surface area contributed by atoms with Crippen LogP contribution in [0.25, 0.3) is 0 Å². The number of rotatable bonds is 5. The third-order valence-corrected chi connectivity index (χ3v) is 6.62. The number of morpholine rings is 1. The second kappa shape index (κ2) is 7.92. The van der Waals surface area contributed by atoms with Crippen molar-refractivity contribution in [3.05, 3.63) is 28.2 Å². The smallest absolute Gasteiger partial charge is 0.282 e. The topological polar surface area (TPSA) is 88.0 Å². The van der Waals surface area contributed by atoms with Gasteiger partial charge in [0.15, 0.2) is 0 Å². The van der Waals surface area contributed by atoms with Gasteiger partial charge >= 0.3 is 0 Å². The summed E-state index contributed by atoms with van der Waals surface area (Å²) < 4.78 is 35.0. The number of piperazine rings is 1. The summed E-state index contributed by atoms with van der Waals surface area (Å²) in [6, 6.07) is 3.23. The average molecular weight is 371 g/mol. The summed E-state index contributed by atoms with van der Waals surface area (Å²) in [7, 11) is -3.40. The van der Waals surface area contributed by atoms with Gasteiger partial charge in [-0.25, -0.2) is 4.68 Å². The van der Waals surface area contributed by atoms with Crippen molar-refractivity contribution < 1.29 is 13.2 Å². The molecule has 0 aromatic carbocycles. The summed E-state index contributed by atoms with van der Waals surface area (Å²) in [6.45, 7) is 7.05. The Labute approximate surface area is 148 Å². The van der Waals surface area contributed by atoms with Crippen LogP contribution >= 0.6 is 0 Å². The zero-order valence-electron chi connectivity index (χ0n) is 14.5. The van der Waals surface area contributed by atoms with Gasteiger partial charge in [0.2, 0.25) is 0 Å². The molecule has 2 aliphatic rings. The van der Waals surface area contributed by atoms with Gasteiger partial charge in [0.05, 0.1) is 25.5 Å². The van der Waals surface area contributed by atoms with E-state index in [9.17, 15) is 13.2 Å². The maximum absolute atomic E-state index is 12.6. The van der Waals surface area contributed by atoms with Gasteiger partial charge in [0, 0.05) is 51.9 Å². The normalized spacial score (nSPS) is 21.5. The fourth-order valence-corrected chi connectivity index (χ4v) is 4.63. The minimum Gasteiger partial charge on any atom is -0.379 e. The Kier molecular flexibility index (Phi) is 5.85. The van der Waals surface area contributed by atoms with E-state index in [1.54, 1.807) is 10.4 Å². The third-order valence-electron chi connectivity index (χ3n) is 4.58. The van der Waals surface area contributed by atoms with E-state index in [0.717, 1.165) is 5.69 Å². The van der Waals surface area contributed by atoms with Crippen molar-refractivity contribution in [3.8, 4) is 0 Å². The summed E-state index contributed by atoms with van der Waals surface area (Å²) in [5, 5.41) is 4.23. The summed E-state index contributed by atoms with van der Waals surface area (Å²) in [5.74, 6) is 0. The van der Waals surface area contributed by atoms with E-state index >= 15 is 0 Å². The van der Waals surface area contributed by atoms with Crippen molar-refractivity contribution in [2.75, 3.05) is 59.0 Å². The second-order valence-electron chi connectivity index (χ2n) is 6.30. The van der Waals surface area contributed by atoms with Gasteiger partial charge in [0.25, 0.3) is 15.8 Å². The zero-order chi connectivity index (χ0) is 17.9. The van der Waals surface area contributed by atoms with Crippen molar-refractivity contribution in [1.29, 1.82) is 0 Å². The van der Waals surface area contributed by atoms with Crippen molar-refractivity contribution in [3.63, 3.8) is 0 Å². The Hall–Kier alpha value is -1.33. The van der Waals surface area contributed by atoms with Crippen molar-refractivity contribution in [1.82, 2.24) is 23.3 Å². The maximum Gasteiger partial charge on any atom is 0.282 e. The van der Waals surface area contributed by atoms with Crippen LogP contribution in [-0.2, 0) is 21.5 Å². The molecule has 140 valence electrons.